The Hall–Kier alpha value is -1.61. The predicted octanol–water partition coefficient (Wildman–Crippen LogP) is 2.38. The molecule has 1 aromatic carbocycles. The lowest BCUT2D eigenvalue weighted by atomic mass is 10.1. The third-order valence-corrected chi connectivity index (χ3v) is 2.16. The molecule has 0 spiro atoms. The summed E-state index contributed by atoms with van der Waals surface area (Å²) in [6.45, 7) is 0. The van der Waals surface area contributed by atoms with Crippen LogP contribution in [0.2, 0.25) is 5.02 Å². The van der Waals surface area contributed by atoms with Crippen molar-refractivity contribution in [1.29, 1.82) is 0 Å². The molecule has 2 N–H and O–H groups in total. The molecule has 4 heteroatoms. The summed E-state index contributed by atoms with van der Waals surface area (Å²) >= 11 is 6.02. The van der Waals surface area contributed by atoms with Gasteiger partial charge in [-0.2, -0.15) is 0 Å². The van der Waals surface area contributed by atoms with Gasteiger partial charge in [-0.15, -0.1) is 0 Å². The van der Waals surface area contributed by atoms with Gasteiger partial charge in [-0.1, -0.05) is 11.6 Å². The summed E-state index contributed by atoms with van der Waals surface area (Å²) in [7, 11) is 0. The number of nitrogens with zero attached hydrogens (tertiary/aromatic N) is 2. The molecular formula is C10H8ClN3. The van der Waals surface area contributed by atoms with E-state index >= 15 is 0 Å². The monoisotopic (exact) mass is 205 g/mol. The molecule has 0 atom stereocenters. The second-order valence-electron chi connectivity index (χ2n) is 2.83. The summed E-state index contributed by atoms with van der Waals surface area (Å²) < 4.78 is 0. The van der Waals surface area contributed by atoms with Crippen LogP contribution in [-0.2, 0) is 0 Å². The average molecular weight is 206 g/mol. The van der Waals surface area contributed by atoms with Crippen LogP contribution in [0.1, 0.15) is 0 Å². The number of hydrogen-bond donors (Lipinski definition) is 1. The molecular weight excluding hydrogens is 198 g/mol. The lowest BCUT2D eigenvalue weighted by molar-refractivity contribution is 1.17. The number of halogens is 1. The lowest BCUT2D eigenvalue weighted by Crippen LogP contribution is -1.88. The van der Waals surface area contributed by atoms with Gasteiger partial charge in [0.15, 0.2) is 0 Å². The van der Waals surface area contributed by atoms with Crippen molar-refractivity contribution in [3.8, 4) is 11.3 Å². The molecule has 0 radical (unpaired) electrons. The van der Waals surface area contributed by atoms with E-state index in [1.54, 1.807) is 24.4 Å². The smallest absolute Gasteiger partial charge is 0.116 e. The normalized spacial score (nSPS) is 10.1. The number of rotatable bonds is 1. The molecule has 0 amide bonds. The van der Waals surface area contributed by atoms with Crippen molar-refractivity contribution in [3.05, 3.63) is 41.8 Å². The third-order valence-electron chi connectivity index (χ3n) is 1.85. The molecule has 70 valence electrons. The van der Waals surface area contributed by atoms with E-state index in [1.165, 1.54) is 6.33 Å². The summed E-state index contributed by atoms with van der Waals surface area (Å²) in [5.41, 5.74) is 7.89. The number of aromatic nitrogens is 2. The fraction of sp³-hybridized carbons (Fsp3) is 0. The molecule has 0 bridgehead atoms. The molecule has 2 aromatic rings. The summed E-state index contributed by atoms with van der Waals surface area (Å²) in [6, 6.07) is 7.15. The van der Waals surface area contributed by atoms with Crippen LogP contribution >= 0.6 is 11.6 Å². The van der Waals surface area contributed by atoms with Crippen LogP contribution in [0.3, 0.4) is 0 Å². The number of benzene rings is 1. The summed E-state index contributed by atoms with van der Waals surface area (Å²) in [4.78, 5) is 7.94. The molecule has 0 aliphatic heterocycles. The highest BCUT2D eigenvalue weighted by molar-refractivity contribution is 6.33. The molecule has 0 aliphatic carbocycles. The quantitative estimate of drug-likeness (QED) is 0.728. The van der Waals surface area contributed by atoms with Crippen LogP contribution in [0.5, 0.6) is 0 Å². The van der Waals surface area contributed by atoms with Crippen LogP contribution < -0.4 is 5.73 Å². The molecule has 1 heterocycles. The Balaban J connectivity index is 2.53. The Kier molecular flexibility index (Phi) is 2.33. The molecule has 0 saturated heterocycles. The SMILES string of the molecule is Nc1ccc(-c2ccncn2)c(Cl)c1. The summed E-state index contributed by atoms with van der Waals surface area (Å²) in [5.74, 6) is 0. The Morgan fingerprint density at radius 1 is 1.21 bits per heavy atom. The molecule has 0 saturated carbocycles. The molecule has 3 nitrogen and oxygen atoms in total. The zero-order valence-corrected chi connectivity index (χ0v) is 8.07. The summed E-state index contributed by atoms with van der Waals surface area (Å²) in [5, 5.41) is 0.601. The number of nitrogens with two attached hydrogens (primary N) is 1. The lowest BCUT2D eigenvalue weighted by Gasteiger charge is -2.03. The first-order valence-electron chi connectivity index (χ1n) is 4.09. The Morgan fingerprint density at radius 2 is 2.07 bits per heavy atom. The van der Waals surface area contributed by atoms with Crippen molar-refractivity contribution in [2.24, 2.45) is 0 Å². The number of anilines is 1. The minimum Gasteiger partial charge on any atom is -0.399 e. The van der Waals surface area contributed by atoms with E-state index in [2.05, 4.69) is 9.97 Å². The van der Waals surface area contributed by atoms with Crippen molar-refractivity contribution in [1.82, 2.24) is 9.97 Å². The van der Waals surface area contributed by atoms with Gasteiger partial charge in [0.05, 0.1) is 10.7 Å². The third kappa shape index (κ3) is 1.67. The fourth-order valence-corrected chi connectivity index (χ4v) is 1.47. The predicted molar refractivity (Wildman–Crippen MR) is 56.9 cm³/mol. The van der Waals surface area contributed by atoms with E-state index in [-0.39, 0.29) is 0 Å². The van der Waals surface area contributed by atoms with Crippen molar-refractivity contribution >= 4 is 17.3 Å². The molecule has 0 unspecified atom stereocenters. The van der Waals surface area contributed by atoms with Crippen LogP contribution in [0, 0.1) is 0 Å². The zero-order chi connectivity index (χ0) is 9.97. The maximum absolute atomic E-state index is 6.02. The van der Waals surface area contributed by atoms with Gasteiger partial charge >= 0.3 is 0 Å². The molecule has 0 fully saturated rings. The highest BCUT2D eigenvalue weighted by Gasteiger charge is 2.03. The highest BCUT2D eigenvalue weighted by Crippen LogP contribution is 2.27. The second kappa shape index (κ2) is 3.64. The van der Waals surface area contributed by atoms with Crippen LogP contribution in [0.15, 0.2) is 36.8 Å². The first-order valence-corrected chi connectivity index (χ1v) is 4.46. The fourth-order valence-electron chi connectivity index (χ4n) is 1.19. The maximum Gasteiger partial charge on any atom is 0.116 e. The topological polar surface area (TPSA) is 51.8 Å². The van der Waals surface area contributed by atoms with E-state index < -0.39 is 0 Å². The van der Waals surface area contributed by atoms with E-state index in [0.717, 1.165) is 11.3 Å². The molecule has 14 heavy (non-hydrogen) atoms. The van der Waals surface area contributed by atoms with Gasteiger partial charge in [-0.25, -0.2) is 9.97 Å². The van der Waals surface area contributed by atoms with Crippen molar-refractivity contribution in [3.63, 3.8) is 0 Å². The van der Waals surface area contributed by atoms with Gasteiger partial charge in [-0.05, 0) is 24.3 Å². The van der Waals surface area contributed by atoms with E-state index in [9.17, 15) is 0 Å². The van der Waals surface area contributed by atoms with Crippen molar-refractivity contribution in [2.45, 2.75) is 0 Å². The van der Waals surface area contributed by atoms with Gasteiger partial charge in [0, 0.05) is 17.4 Å². The van der Waals surface area contributed by atoms with Crippen molar-refractivity contribution < 1.29 is 0 Å². The Morgan fingerprint density at radius 3 is 2.71 bits per heavy atom. The minimum absolute atomic E-state index is 0.601. The first kappa shape index (κ1) is 8.97. The first-order chi connectivity index (χ1) is 6.77. The molecule has 2 rings (SSSR count). The Labute approximate surface area is 86.6 Å². The highest BCUT2D eigenvalue weighted by atomic mass is 35.5. The van der Waals surface area contributed by atoms with Gasteiger partial charge in [0.1, 0.15) is 6.33 Å². The van der Waals surface area contributed by atoms with E-state index in [0.29, 0.717) is 10.7 Å². The second-order valence-corrected chi connectivity index (χ2v) is 3.24. The van der Waals surface area contributed by atoms with Gasteiger partial charge in [-0.3, -0.25) is 0 Å². The molecule has 1 aromatic heterocycles. The minimum atomic E-state index is 0.601. The molecule has 0 aliphatic rings. The van der Waals surface area contributed by atoms with Crippen LogP contribution in [0.25, 0.3) is 11.3 Å². The summed E-state index contributed by atoms with van der Waals surface area (Å²) in [6.07, 6.45) is 3.16. The van der Waals surface area contributed by atoms with Gasteiger partial charge in [0.25, 0.3) is 0 Å². The van der Waals surface area contributed by atoms with E-state index in [4.69, 9.17) is 17.3 Å². The zero-order valence-electron chi connectivity index (χ0n) is 7.31. The average Bonchev–Trinajstić information content (AvgIpc) is 2.19. The Bertz CT molecular complexity index is 442. The van der Waals surface area contributed by atoms with Crippen molar-refractivity contribution in [2.75, 3.05) is 5.73 Å². The number of nitrogen functional groups attached to an aromatic ring is 1. The van der Waals surface area contributed by atoms with E-state index in [1.807, 2.05) is 6.07 Å². The van der Waals surface area contributed by atoms with Gasteiger partial charge < -0.3 is 5.73 Å². The van der Waals surface area contributed by atoms with Crippen LogP contribution in [-0.4, -0.2) is 9.97 Å². The van der Waals surface area contributed by atoms with Crippen LogP contribution in [0.4, 0.5) is 5.69 Å². The maximum atomic E-state index is 6.02. The largest absolute Gasteiger partial charge is 0.399 e. The standard InChI is InChI=1S/C10H8ClN3/c11-9-5-7(12)1-2-8(9)10-3-4-13-6-14-10/h1-6H,12H2. The number of hydrogen-bond acceptors (Lipinski definition) is 3. The van der Waals surface area contributed by atoms with Gasteiger partial charge in [0.2, 0.25) is 0 Å².